The molecule has 0 saturated heterocycles. The summed E-state index contributed by atoms with van der Waals surface area (Å²) in [6.45, 7) is 0. The van der Waals surface area contributed by atoms with Gasteiger partial charge in [-0.25, -0.2) is 13.2 Å². The molecule has 0 atom stereocenters. The van der Waals surface area contributed by atoms with Crippen LogP contribution in [-0.4, -0.2) is 0 Å². The highest BCUT2D eigenvalue weighted by atomic mass is 79.9. The van der Waals surface area contributed by atoms with Crippen LogP contribution < -0.4 is 0 Å². The molecule has 0 aromatic heterocycles. The molecule has 0 unspecified atom stereocenters. The first-order chi connectivity index (χ1) is 5.54. The van der Waals surface area contributed by atoms with Crippen molar-refractivity contribution in [3.05, 3.63) is 33.0 Å². The summed E-state index contributed by atoms with van der Waals surface area (Å²) in [4.78, 5) is 0. The summed E-state index contributed by atoms with van der Waals surface area (Å²) < 4.78 is 37.2. The van der Waals surface area contributed by atoms with Gasteiger partial charge >= 0.3 is 0 Å². The lowest BCUT2D eigenvalue weighted by atomic mass is 10.2. The zero-order chi connectivity index (χ0) is 9.30. The summed E-state index contributed by atoms with van der Waals surface area (Å²) >= 11 is 8.10. The molecule has 0 fully saturated rings. The van der Waals surface area contributed by atoms with Gasteiger partial charge < -0.3 is 0 Å². The Bertz CT molecular complexity index is 301. The maximum absolute atomic E-state index is 12.9. The molecular formula is C7H3BrClF3. The molecule has 0 nitrogen and oxygen atoms in total. The van der Waals surface area contributed by atoms with Gasteiger partial charge in [-0.2, -0.15) is 0 Å². The molecule has 0 spiro atoms. The average molecular weight is 259 g/mol. The molecule has 1 aromatic rings. The molecule has 0 aliphatic heterocycles. The Kier molecular flexibility index (Phi) is 3.01. The summed E-state index contributed by atoms with van der Waals surface area (Å²) in [6, 6.07) is 2.50. The Labute approximate surface area is 80.5 Å². The molecule has 0 aliphatic carbocycles. The zero-order valence-electron chi connectivity index (χ0n) is 5.62. The Morgan fingerprint density at radius 1 is 1.33 bits per heavy atom. The van der Waals surface area contributed by atoms with Gasteiger partial charge in [-0.3, -0.25) is 0 Å². The maximum atomic E-state index is 12.9. The van der Waals surface area contributed by atoms with Crippen LogP contribution in [0.15, 0.2) is 16.6 Å². The minimum Gasteiger partial charge on any atom is -0.205 e. The van der Waals surface area contributed by atoms with Gasteiger partial charge in [0.05, 0.1) is 10.6 Å². The van der Waals surface area contributed by atoms with Gasteiger partial charge in [0.1, 0.15) is 0 Å². The van der Waals surface area contributed by atoms with Gasteiger partial charge in [-0.1, -0.05) is 27.5 Å². The van der Waals surface area contributed by atoms with Crippen molar-refractivity contribution in [3.63, 3.8) is 0 Å². The molecule has 0 amide bonds. The van der Waals surface area contributed by atoms with Crippen LogP contribution in [0.2, 0.25) is 5.02 Å². The fraction of sp³-hybridized carbons (Fsp3) is 0.143. The smallest absolute Gasteiger partial charge is 0.205 e. The summed E-state index contributed by atoms with van der Waals surface area (Å²) in [5.41, 5.74) is -0.692. The summed E-state index contributed by atoms with van der Waals surface area (Å²) in [5, 5.41) is -0.298. The summed E-state index contributed by atoms with van der Waals surface area (Å²) in [6.07, 6.45) is -2.86. The lowest BCUT2D eigenvalue weighted by Gasteiger charge is -2.05. The number of alkyl halides is 2. The van der Waals surface area contributed by atoms with Crippen molar-refractivity contribution in [1.29, 1.82) is 0 Å². The molecule has 12 heavy (non-hydrogen) atoms. The van der Waals surface area contributed by atoms with Crippen molar-refractivity contribution in [2.75, 3.05) is 0 Å². The van der Waals surface area contributed by atoms with E-state index in [0.717, 1.165) is 0 Å². The molecule has 0 N–H and O–H groups in total. The van der Waals surface area contributed by atoms with Crippen molar-refractivity contribution in [2.24, 2.45) is 0 Å². The number of rotatable bonds is 1. The zero-order valence-corrected chi connectivity index (χ0v) is 7.96. The standard InChI is InChI=1S/C7H3BrClF3/c8-3-1-2-4(9)6(10)5(3)7(11)12/h1-2,7H. The van der Waals surface area contributed by atoms with E-state index in [1.54, 1.807) is 0 Å². The van der Waals surface area contributed by atoms with Gasteiger partial charge in [0, 0.05) is 4.47 Å². The fourth-order valence-electron chi connectivity index (χ4n) is 0.743. The van der Waals surface area contributed by atoms with Gasteiger partial charge in [-0.05, 0) is 12.1 Å². The Morgan fingerprint density at radius 2 is 1.92 bits per heavy atom. The van der Waals surface area contributed by atoms with Crippen LogP contribution in [0.3, 0.4) is 0 Å². The van der Waals surface area contributed by atoms with Gasteiger partial charge in [-0.15, -0.1) is 0 Å². The van der Waals surface area contributed by atoms with E-state index in [-0.39, 0.29) is 9.50 Å². The third-order valence-electron chi connectivity index (χ3n) is 1.30. The predicted octanol–water partition coefficient (Wildman–Crippen LogP) is 4.18. The predicted molar refractivity (Wildman–Crippen MR) is 44.1 cm³/mol. The number of halogens is 5. The van der Waals surface area contributed by atoms with Gasteiger partial charge in [0.15, 0.2) is 5.82 Å². The van der Waals surface area contributed by atoms with Crippen LogP contribution in [0, 0.1) is 5.82 Å². The molecule has 66 valence electrons. The van der Waals surface area contributed by atoms with Crippen molar-refractivity contribution < 1.29 is 13.2 Å². The molecule has 1 aromatic carbocycles. The molecule has 1 rings (SSSR count). The second-order valence-corrected chi connectivity index (χ2v) is 3.32. The average Bonchev–Trinajstić information content (AvgIpc) is 1.97. The molecular weight excluding hydrogens is 256 g/mol. The molecule has 0 saturated carbocycles. The normalized spacial score (nSPS) is 10.8. The topological polar surface area (TPSA) is 0 Å². The maximum Gasteiger partial charge on any atom is 0.267 e. The van der Waals surface area contributed by atoms with Crippen LogP contribution >= 0.6 is 27.5 Å². The largest absolute Gasteiger partial charge is 0.267 e. The highest BCUT2D eigenvalue weighted by Crippen LogP contribution is 2.33. The molecule has 0 heterocycles. The van der Waals surface area contributed by atoms with E-state index >= 15 is 0 Å². The number of hydrogen-bond acceptors (Lipinski definition) is 0. The van der Waals surface area contributed by atoms with E-state index in [0.29, 0.717) is 0 Å². The Morgan fingerprint density at radius 3 is 2.33 bits per heavy atom. The number of hydrogen-bond donors (Lipinski definition) is 0. The van der Waals surface area contributed by atoms with Crippen LogP contribution in [0.5, 0.6) is 0 Å². The minimum absolute atomic E-state index is 0.0272. The van der Waals surface area contributed by atoms with Gasteiger partial charge in [0.2, 0.25) is 0 Å². The lowest BCUT2D eigenvalue weighted by molar-refractivity contribution is 0.145. The Balaban J connectivity index is 3.33. The first-order valence-corrected chi connectivity index (χ1v) is 4.12. The van der Waals surface area contributed by atoms with E-state index in [1.807, 2.05) is 0 Å². The van der Waals surface area contributed by atoms with Crippen molar-refractivity contribution in [2.45, 2.75) is 6.43 Å². The van der Waals surface area contributed by atoms with E-state index in [4.69, 9.17) is 11.6 Å². The van der Waals surface area contributed by atoms with E-state index in [9.17, 15) is 13.2 Å². The Hall–Kier alpha value is -0.220. The molecule has 0 bridgehead atoms. The highest BCUT2D eigenvalue weighted by molar-refractivity contribution is 9.10. The molecule has 0 radical (unpaired) electrons. The fourth-order valence-corrected chi connectivity index (χ4v) is 1.39. The van der Waals surface area contributed by atoms with Crippen LogP contribution in [0.25, 0.3) is 0 Å². The first-order valence-electron chi connectivity index (χ1n) is 2.95. The van der Waals surface area contributed by atoms with E-state index in [1.165, 1.54) is 12.1 Å². The third-order valence-corrected chi connectivity index (χ3v) is 2.28. The first kappa shape index (κ1) is 9.86. The molecule has 5 heteroatoms. The second kappa shape index (κ2) is 3.66. The van der Waals surface area contributed by atoms with Crippen molar-refractivity contribution in [3.8, 4) is 0 Å². The lowest BCUT2D eigenvalue weighted by Crippen LogP contribution is -1.92. The quantitative estimate of drug-likeness (QED) is 0.664. The molecule has 0 aliphatic rings. The van der Waals surface area contributed by atoms with Crippen LogP contribution in [0.1, 0.15) is 12.0 Å². The van der Waals surface area contributed by atoms with E-state index < -0.39 is 17.8 Å². The summed E-state index contributed by atoms with van der Waals surface area (Å²) in [7, 11) is 0. The van der Waals surface area contributed by atoms with Crippen LogP contribution in [0.4, 0.5) is 13.2 Å². The second-order valence-electron chi connectivity index (χ2n) is 2.06. The van der Waals surface area contributed by atoms with Crippen molar-refractivity contribution >= 4 is 27.5 Å². The minimum atomic E-state index is -2.86. The SMILES string of the molecule is Fc1c(Cl)ccc(Br)c1C(F)F. The van der Waals surface area contributed by atoms with Gasteiger partial charge in [0.25, 0.3) is 6.43 Å². The van der Waals surface area contributed by atoms with E-state index in [2.05, 4.69) is 15.9 Å². The highest BCUT2D eigenvalue weighted by Gasteiger charge is 2.19. The summed E-state index contributed by atoms with van der Waals surface area (Å²) in [5.74, 6) is -1.07. The third kappa shape index (κ3) is 1.75. The number of benzene rings is 1. The van der Waals surface area contributed by atoms with Crippen LogP contribution in [-0.2, 0) is 0 Å². The van der Waals surface area contributed by atoms with Crippen molar-refractivity contribution in [1.82, 2.24) is 0 Å². The monoisotopic (exact) mass is 258 g/mol.